The van der Waals surface area contributed by atoms with Crippen LogP contribution in [-0.2, 0) is 18.3 Å². The number of aromatic nitrogens is 1. The first kappa shape index (κ1) is 14.1. The predicted octanol–water partition coefficient (Wildman–Crippen LogP) is 1.40. The van der Waals surface area contributed by atoms with Crippen molar-refractivity contribution in [2.45, 2.75) is 33.1 Å². The van der Waals surface area contributed by atoms with E-state index in [0.29, 0.717) is 12.3 Å². The smallest absolute Gasteiger partial charge is 0.222 e. The highest BCUT2D eigenvalue weighted by Crippen LogP contribution is 2.16. The largest absolute Gasteiger partial charge is 0.352 e. The van der Waals surface area contributed by atoms with Gasteiger partial charge in [-0.25, -0.2) is 0 Å². The molecule has 0 unspecified atom stereocenters. The standard InChI is InChI=1S/C15H25N3O/c1-12-11-14(13(2)17(12)3)5-4-6-15(19)18-9-7-16-8-10-18/h11,16H,4-10H2,1-3H3. The normalized spacial score (nSPS) is 15.8. The van der Waals surface area contributed by atoms with Crippen LogP contribution in [-0.4, -0.2) is 41.6 Å². The molecule has 0 atom stereocenters. The monoisotopic (exact) mass is 263 g/mol. The van der Waals surface area contributed by atoms with Crippen molar-refractivity contribution < 1.29 is 4.79 Å². The number of hydrogen-bond donors (Lipinski definition) is 1. The summed E-state index contributed by atoms with van der Waals surface area (Å²) in [5.74, 6) is 0.312. The molecule has 0 aliphatic carbocycles. The van der Waals surface area contributed by atoms with E-state index in [4.69, 9.17) is 0 Å². The van der Waals surface area contributed by atoms with Crippen molar-refractivity contribution in [1.29, 1.82) is 0 Å². The number of piperazine rings is 1. The molecule has 0 aromatic carbocycles. The molecule has 1 amide bonds. The van der Waals surface area contributed by atoms with Crippen LogP contribution in [0.2, 0.25) is 0 Å². The Morgan fingerprint density at radius 1 is 1.32 bits per heavy atom. The van der Waals surface area contributed by atoms with E-state index in [-0.39, 0.29) is 0 Å². The van der Waals surface area contributed by atoms with E-state index >= 15 is 0 Å². The molecule has 19 heavy (non-hydrogen) atoms. The Morgan fingerprint density at radius 2 is 2.00 bits per heavy atom. The molecule has 106 valence electrons. The SMILES string of the molecule is Cc1cc(CCCC(=O)N2CCNCC2)c(C)n1C. The van der Waals surface area contributed by atoms with Crippen molar-refractivity contribution in [3.05, 3.63) is 23.0 Å². The van der Waals surface area contributed by atoms with Crippen molar-refractivity contribution in [3.8, 4) is 0 Å². The fraction of sp³-hybridized carbons (Fsp3) is 0.667. The third-order valence-corrected chi connectivity index (χ3v) is 4.19. The Hall–Kier alpha value is -1.29. The van der Waals surface area contributed by atoms with Gasteiger partial charge in [-0.15, -0.1) is 0 Å². The summed E-state index contributed by atoms with van der Waals surface area (Å²) < 4.78 is 2.22. The zero-order valence-corrected chi connectivity index (χ0v) is 12.3. The first-order chi connectivity index (χ1) is 9.09. The first-order valence-corrected chi connectivity index (χ1v) is 7.20. The molecule has 1 saturated heterocycles. The molecule has 1 fully saturated rings. The fourth-order valence-electron chi connectivity index (χ4n) is 2.69. The first-order valence-electron chi connectivity index (χ1n) is 7.20. The lowest BCUT2D eigenvalue weighted by atomic mass is 10.1. The zero-order valence-electron chi connectivity index (χ0n) is 12.3. The molecule has 4 nitrogen and oxygen atoms in total. The maximum Gasteiger partial charge on any atom is 0.222 e. The molecule has 2 rings (SSSR count). The summed E-state index contributed by atoms with van der Waals surface area (Å²) in [6.45, 7) is 7.87. The number of rotatable bonds is 4. The average Bonchev–Trinajstić information content (AvgIpc) is 2.67. The van der Waals surface area contributed by atoms with Crippen LogP contribution < -0.4 is 5.32 Å². The Kier molecular flexibility index (Phi) is 4.64. The van der Waals surface area contributed by atoms with Crippen LogP contribution in [0.4, 0.5) is 0 Å². The van der Waals surface area contributed by atoms with Crippen molar-refractivity contribution in [2.24, 2.45) is 7.05 Å². The molecular weight excluding hydrogens is 238 g/mol. The van der Waals surface area contributed by atoms with E-state index in [2.05, 4.69) is 36.8 Å². The van der Waals surface area contributed by atoms with Gasteiger partial charge in [-0.05, 0) is 38.3 Å². The molecule has 1 aromatic rings. The molecule has 1 aliphatic rings. The summed E-state index contributed by atoms with van der Waals surface area (Å²) in [6, 6.07) is 2.24. The number of carbonyl (C=O) groups is 1. The lowest BCUT2D eigenvalue weighted by Crippen LogP contribution is -2.46. The van der Waals surface area contributed by atoms with Gasteiger partial charge in [0.1, 0.15) is 0 Å². The van der Waals surface area contributed by atoms with Crippen molar-refractivity contribution in [2.75, 3.05) is 26.2 Å². The highest BCUT2D eigenvalue weighted by Gasteiger charge is 2.15. The summed E-state index contributed by atoms with van der Waals surface area (Å²) in [4.78, 5) is 14.0. The molecular formula is C15H25N3O. The summed E-state index contributed by atoms with van der Waals surface area (Å²) in [7, 11) is 2.10. The van der Waals surface area contributed by atoms with E-state index < -0.39 is 0 Å². The Labute approximate surface area is 115 Å². The van der Waals surface area contributed by atoms with Crippen LogP contribution in [0.1, 0.15) is 29.8 Å². The number of nitrogens with zero attached hydrogens (tertiary/aromatic N) is 2. The predicted molar refractivity (Wildman–Crippen MR) is 77.3 cm³/mol. The van der Waals surface area contributed by atoms with Crippen molar-refractivity contribution in [3.63, 3.8) is 0 Å². The van der Waals surface area contributed by atoms with E-state index in [0.717, 1.165) is 39.0 Å². The Bertz CT molecular complexity index is 444. The highest BCUT2D eigenvalue weighted by atomic mass is 16.2. The second kappa shape index (κ2) is 6.24. The van der Waals surface area contributed by atoms with Gasteiger partial charge in [0, 0.05) is 51.0 Å². The molecule has 0 spiro atoms. The van der Waals surface area contributed by atoms with Crippen LogP contribution in [0.5, 0.6) is 0 Å². The minimum Gasteiger partial charge on any atom is -0.352 e. The van der Waals surface area contributed by atoms with Gasteiger partial charge in [-0.2, -0.15) is 0 Å². The van der Waals surface area contributed by atoms with Crippen molar-refractivity contribution >= 4 is 5.91 Å². The molecule has 1 N–H and O–H groups in total. The van der Waals surface area contributed by atoms with Crippen LogP contribution >= 0.6 is 0 Å². The quantitative estimate of drug-likeness (QED) is 0.891. The average molecular weight is 263 g/mol. The molecule has 1 aliphatic heterocycles. The Morgan fingerprint density at radius 3 is 2.58 bits per heavy atom. The fourth-order valence-corrected chi connectivity index (χ4v) is 2.69. The molecule has 2 heterocycles. The molecule has 0 saturated carbocycles. The zero-order chi connectivity index (χ0) is 13.8. The van der Waals surface area contributed by atoms with E-state index in [1.165, 1.54) is 17.0 Å². The van der Waals surface area contributed by atoms with Gasteiger partial charge in [0.05, 0.1) is 0 Å². The molecule has 4 heteroatoms. The second-order valence-electron chi connectivity index (χ2n) is 5.44. The lowest BCUT2D eigenvalue weighted by molar-refractivity contribution is -0.131. The maximum atomic E-state index is 12.0. The van der Waals surface area contributed by atoms with Gasteiger partial charge in [-0.1, -0.05) is 0 Å². The van der Waals surface area contributed by atoms with Gasteiger partial charge in [0.2, 0.25) is 5.91 Å². The number of amides is 1. The minimum absolute atomic E-state index is 0.312. The third kappa shape index (κ3) is 3.38. The topological polar surface area (TPSA) is 37.3 Å². The van der Waals surface area contributed by atoms with Gasteiger partial charge in [0.25, 0.3) is 0 Å². The van der Waals surface area contributed by atoms with Crippen LogP contribution in [0.25, 0.3) is 0 Å². The second-order valence-corrected chi connectivity index (χ2v) is 5.44. The number of aryl methyl sites for hydroxylation is 2. The number of nitrogens with one attached hydrogen (secondary N) is 1. The van der Waals surface area contributed by atoms with Crippen LogP contribution in [0.3, 0.4) is 0 Å². The molecule has 0 bridgehead atoms. The number of carbonyl (C=O) groups excluding carboxylic acids is 1. The van der Waals surface area contributed by atoms with Gasteiger partial charge >= 0.3 is 0 Å². The lowest BCUT2D eigenvalue weighted by Gasteiger charge is -2.27. The summed E-state index contributed by atoms with van der Waals surface area (Å²) in [5.41, 5.74) is 4.00. The van der Waals surface area contributed by atoms with Gasteiger partial charge in [0.15, 0.2) is 0 Å². The van der Waals surface area contributed by atoms with Crippen LogP contribution in [0.15, 0.2) is 6.07 Å². The summed E-state index contributed by atoms with van der Waals surface area (Å²) >= 11 is 0. The van der Waals surface area contributed by atoms with Crippen LogP contribution in [0, 0.1) is 13.8 Å². The highest BCUT2D eigenvalue weighted by molar-refractivity contribution is 5.76. The van der Waals surface area contributed by atoms with E-state index in [1.54, 1.807) is 0 Å². The van der Waals surface area contributed by atoms with Crippen molar-refractivity contribution in [1.82, 2.24) is 14.8 Å². The number of hydrogen-bond acceptors (Lipinski definition) is 2. The summed E-state index contributed by atoms with van der Waals surface area (Å²) in [5, 5.41) is 3.27. The molecule has 0 radical (unpaired) electrons. The van der Waals surface area contributed by atoms with E-state index in [9.17, 15) is 4.79 Å². The maximum absolute atomic E-state index is 12.0. The third-order valence-electron chi connectivity index (χ3n) is 4.19. The van der Waals surface area contributed by atoms with Gasteiger partial charge in [-0.3, -0.25) is 4.79 Å². The summed E-state index contributed by atoms with van der Waals surface area (Å²) in [6.07, 6.45) is 2.63. The van der Waals surface area contributed by atoms with Gasteiger partial charge < -0.3 is 14.8 Å². The Balaban J connectivity index is 1.79. The molecule has 1 aromatic heterocycles. The van der Waals surface area contributed by atoms with E-state index in [1.807, 2.05) is 4.90 Å². The minimum atomic E-state index is 0.312.